The fourth-order valence-corrected chi connectivity index (χ4v) is 6.16. The standard InChI is InChI=1S/C27H36N2O2S/c1-19(2)29(25(30)13-10-21-6-4-5-7-21)18-26(31)28-16-14-24-23(15-17-32-24)27(28)22-11-8-20(3)9-12-22/h8-9,11-12,15,17,19,21,27H,4-7,10,13-14,16,18H2,1-3H3. The van der Waals surface area contributed by atoms with E-state index in [4.69, 9.17) is 0 Å². The minimum atomic E-state index is -0.0688. The van der Waals surface area contributed by atoms with Gasteiger partial charge in [0, 0.05) is 23.9 Å². The number of amides is 2. The van der Waals surface area contributed by atoms with E-state index in [1.807, 2.05) is 18.7 Å². The van der Waals surface area contributed by atoms with Gasteiger partial charge < -0.3 is 9.80 Å². The minimum Gasteiger partial charge on any atom is -0.331 e. The fraction of sp³-hybridized carbons (Fsp3) is 0.556. The van der Waals surface area contributed by atoms with Crippen molar-refractivity contribution < 1.29 is 9.59 Å². The maximum Gasteiger partial charge on any atom is 0.243 e. The normalized spacial score (nSPS) is 18.8. The molecule has 1 aliphatic heterocycles. The van der Waals surface area contributed by atoms with E-state index >= 15 is 0 Å². The van der Waals surface area contributed by atoms with Gasteiger partial charge in [0.2, 0.25) is 11.8 Å². The molecule has 0 bridgehead atoms. The minimum absolute atomic E-state index is 0.0225. The molecular formula is C27H36N2O2S. The molecule has 4 rings (SSSR count). The molecule has 1 unspecified atom stereocenters. The van der Waals surface area contributed by atoms with Crippen LogP contribution in [0, 0.1) is 12.8 Å². The molecule has 4 nitrogen and oxygen atoms in total. The molecule has 2 aromatic rings. The average molecular weight is 453 g/mol. The number of carbonyl (C=O) groups excluding carboxylic acids is 2. The molecule has 0 saturated heterocycles. The molecule has 172 valence electrons. The Morgan fingerprint density at radius 3 is 2.53 bits per heavy atom. The largest absolute Gasteiger partial charge is 0.331 e. The predicted octanol–water partition coefficient (Wildman–Crippen LogP) is 5.74. The van der Waals surface area contributed by atoms with Crippen LogP contribution in [0.25, 0.3) is 0 Å². The quantitative estimate of drug-likeness (QED) is 0.538. The molecule has 1 aliphatic carbocycles. The Hall–Kier alpha value is -2.14. The van der Waals surface area contributed by atoms with Crippen molar-refractivity contribution in [3.63, 3.8) is 0 Å². The van der Waals surface area contributed by atoms with Gasteiger partial charge in [0.1, 0.15) is 6.54 Å². The molecule has 2 amide bonds. The lowest BCUT2D eigenvalue weighted by molar-refractivity contribution is -0.143. The summed E-state index contributed by atoms with van der Waals surface area (Å²) in [5.41, 5.74) is 3.60. The Labute approximate surface area is 196 Å². The number of hydrogen-bond donors (Lipinski definition) is 0. The van der Waals surface area contributed by atoms with Gasteiger partial charge in [-0.05, 0) is 62.1 Å². The van der Waals surface area contributed by atoms with E-state index < -0.39 is 0 Å². The Morgan fingerprint density at radius 2 is 1.84 bits per heavy atom. The molecule has 2 heterocycles. The lowest BCUT2D eigenvalue weighted by atomic mass is 9.92. The van der Waals surface area contributed by atoms with Crippen LogP contribution in [0.4, 0.5) is 0 Å². The van der Waals surface area contributed by atoms with Crippen LogP contribution in [0.3, 0.4) is 0 Å². The van der Waals surface area contributed by atoms with Gasteiger partial charge in [-0.25, -0.2) is 0 Å². The van der Waals surface area contributed by atoms with Crippen LogP contribution in [0.2, 0.25) is 0 Å². The highest BCUT2D eigenvalue weighted by Crippen LogP contribution is 2.38. The van der Waals surface area contributed by atoms with E-state index in [0.717, 1.165) is 18.4 Å². The van der Waals surface area contributed by atoms with Gasteiger partial charge in [0.25, 0.3) is 0 Å². The Balaban J connectivity index is 1.50. The molecule has 1 fully saturated rings. The number of hydrogen-bond acceptors (Lipinski definition) is 3. The van der Waals surface area contributed by atoms with Gasteiger partial charge in [-0.1, -0.05) is 55.5 Å². The summed E-state index contributed by atoms with van der Waals surface area (Å²) >= 11 is 1.78. The van der Waals surface area contributed by atoms with Crippen molar-refractivity contribution in [2.75, 3.05) is 13.1 Å². The first-order valence-corrected chi connectivity index (χ1v) is 13.0. The SMILES string of the molecule is Cc1ccc(C2c3ccsc3CCN2C(=O)CN(C(=O)CCC2CCCC2)C(C)C)cc1. The first kappa shape index (κ1) is 23.0. The molecule has 0 spiro atoms. The first-order valence-electron chi connectivity index (χ1n) is 12.2. The van der Waals surface area contributed by atoms with Crippen molar-refractivity contribution in [3.05, 3.63) is 57.3 Å². The second kappa shape index (κ2) is 10.2. The summed E-state index contributed by atoms with van der Waals surface area (Å²) in [6, 6.07) is 10.6. The monoisotopic (exact) mass is 452 g/mol. The third kappa shape index (κ3) is 5.09. The van der Waals surface area contributed by atoms with Crippen molar-refractivity contribution >= 4 is 23.2 Å². The van der Waals surface area contributed by atoms with E-state index in [9.17, 15) is 9.59 Å². The van der Waals surface area contributed by atoms with Gasteiger partial charge in [0.05, 0.1) is 6.04 Å². The van der Waals surface area contributed by atoms with E-state index in [1.54, 1.807) is 16.2 Å². The molecule has 5 heteroatoms. The number of fused-ring (bicyclic) bond motifs is 1. The smallest absolute Gasteiger partial charge is 0.243 e. The molecule has 32 heavy (non-hydrogen) atoms. The van der Waals surface area contributed by atoms with E-state index in [1.165, 1.54) is 41.7 Å². The van der Waals surface area contributed by atoms with Crippen LogP contribution in [0.5, 0.6) is 0 Å². The highest BCUT2D eigenvalue weighted by Gasteiger charge is 2.34. The first-order chi connectivity index (χ1) is 15.4. The maximum atomic E-state index is 13.6. The highest BCUT2D eigenvalue weighted by atomic mass is 32.1. The average Bonchev–Trinajstić information content (AvgIpc) is 3.47. The van der Waals surface area contributed by atoms with Crippen molar-refractivity contribution in [3.8, 4) is 0 Å². The van der Waals surface area contributed by atoms with Crippen LogP contribution in [0.1, 0.15) is 80.0 Å². The molecule has 1 aromatic heterocycles. The fourth-order valence-electron chi connectivity index (χ4n) is 5.26. The molecule has 1 saturated carbocycles. The second-order valence-corrected chi connectivity index (χ2v) is 10.8. The molecule has 0 radical (unpaired) electrons. The summed E-state index contributed by atoms with van der Waals surface area (Å²) in [6.45, 7) is 6.99. The predicted molar refractivity (Wildman–Crippen MR) is 131 cm³/mol. The van der Waals surface area contributed by atoms with Crippen molar-refractivity contribution in [1.29, 1.82) is 0 Å². The molecule has 1 aromatic carbocycles. The molecule has 1 atom stereocenters. The Kier molecular flexibility index (Phi) is 7.34. The zero-order valence-corrected chi connectivity index (χ0v) is 20.5. The number of aryl methyl sites for hydroxylation is 1. The molecule has 0 N–H and O–H groups in total. The Bertz CT molecular complexity index is 927. The number of rotatable bonds is 7. The van der Waals surface area contributed by atoms with Crippen LogP contribution in [-0.2, 0) is 16.0 Å². The van der Waals surface area contributed by atoms with E-state index in [0.29, 0.717) is 18.9 Å². The van der Waals surface area contributed by atoms with E-state index in [2.05, 4.69) is 42.6 Å². The molecule has 2 aliphatic rings. The highest BCUT2D eigenvalue weighted by molar-refractivity contribution is 7.10. The summed E-state index contributed by atoms with van der Waals surface area (Å²) in [5, 5.41) is 2.13. The summed E-state index contributed by atoms with van der Waals surface area (Å²) in [7, 11) is 0. The lowest BCUT2D eigenvalue weighted by Gasteiger charge is -2.38. The van der Waals surface area contributed by atoms with Crippen LogP contribution >= 0.6 is 11.3 Å². The summed E-state index contributed by atoms with van der Waals surface area (Å²) < 4.78 is 0. The summed E-state index contributed by atoms with van der Waals surface area (Å²) in [4.78, 5) is 31.8. The van der Waals surface area contributed by atoms with Crippen molar-refractivity contribution in [1.82, 2.24) is 9.80 Å². The molecular weight excluding hydrogens is 416 g/mol. The number of carbonyl (C=O) groups is 2. The number of thiophene rings is 1. The van der Waals surface area contributed by atoms with Gasteiger partial charge in [0.15, 0.2) is 0 Å². The van der Waals surface area contributed by atoms with Gasteiger partial charge >= 0.3 is 0 Å². The van der Waals surface area contributed by atoms with Crippen LogP contribution in [-0.4, -0.2) is 40.7 Å². The van der Waals surface area contributed by atoms with Gasteiger partial charge in [-0.3, -0.25) is 9.59 Å². The second-order valence-electron chi connectivity index (χ2n) is 9.75. The maximum absolute atomic E-state index is 13.6. The van der Waals surface area contributed by atoms with E-state index in [-0.39, 0.29) is 30.4 Å². The third-order valence-electron chi connectivity index (χ3n) is 7.17. The van der Waals surface area contributed by atoms with Crippen LogP contribution in [0.15, 0.2) is 35.7 Å². The number of nitrogens with zero attached hydrogens (tertiary/aromatic N) is 2. The zero-order chi connectivity index (χ0) is 22.7. The third-order valence-corrected chi connectivity index (χ3v) is 8.17. The van der Waals surface area contributed by atoms with Gasteiger partial charge in [-0.15, -0.1) is 11.3 Å². The lowest BCUT2D eigenvalue weighted by Crippen LogP contribution is -2.48. The van der Waals surface area contributed by atoms with Gasteiger partial charge in [-0.2, -0.15) is 0 Å². The Morgan fingerprint density at radius 1 is 1.12 bits per heavy atom. The van der Waals surface area contributed by atoms with Crippen LogP contribution < -0.4 is 0 Å². The topological polar surface area (TPSA) is 40.6 Å². The zero-order valence-electron chi connectivity index (χ0n) is 19.7. The summed E-state index contributed by atoms with van der Waals surface area (Å²) in [5.74, 6) is 0.865. The van der Waals surface area contributed by atoms with Crippen molar-refractivity contribution in [2.24, 2.45) is 5.92 Å². The van der Waals surface area contributed by atoms with Crippen molar-refractivity contribution in [2.45, 2.75) is 77.8 Å². The summed E-state index contributed by atoms with van der Waals surface area (Å²) in [6.07, 6.45) is 7.51. The number of benzene rings is 1.